The molecule has 0 fully saturated rings. The zero-order chi connectivity index (χ0) is 12.4. The van der Waals surface area contributed by atoms with Crippen LogP contribution in [0.4, 0.5) is 0 Å². The highest BCUT2D eigenvalue weighted by molar-refractivity contribution is 5.34. The minimum absolute atomic E-state index is 0.0132. The van der Waals surface area contributed by atoms with Gasteiger partial charge in [0.05, 0.1) is 5.69 Å². The van der Waals surface area contributed by atoms with E-state index >= 15 is 0 Å². The standard InChI is InChI=1S/C14H18N2O/c1-10(2)8-12-9-16(15-14(12)17)13-6-4-11(3)5-7-13/h4-7,9-10H,8H2,1-3H3,(H,15,17). The van der Waals surface area contributed by atoms with Crippen LogP contribution in [0.5, 0.6) is 0 Å². The van der Waals surface area contributed by atoms with Gasteiger partial charge in [0.1, 0.15) is 0 Å². The van der Waals surface area contributed by atoms with Crippen molar-refractivity contribution in [1.82, 2.24) is 9.78 Å². The molecule has 1 aromatic carbocycles. The number of aromatic nitrogens is 2. The molecule has 0 saturated heterocycles. The predicted molar refractivity (Wildman–Crippen MR) is 69.7 cm³/mol. The van der Waals surface area contributed by atoms with Gasteiger partial charge in [0.25, 0.3) is 5.56 Å². The van der Waals surface area contributed by atoms with Crippen LogP contribution in [0.2, 0.25) is 0 Å². The lowest BCUT2D eigenvalue weighted by molar-refractivity contribution is 0.645. The fourth-order valence-electron chi connectivity index (χ4n) is 1.86. The van der Waals surface area contributed by atoms with Crippen molar-refractivity contribution < 1.29 is 0 Å². The topological polar surface area (TPSA) is 37.8 Å². The third-order valence-electron chi connectivity index (χ3n) is 2.74. The number of hydrogen-bond acceptors (Lipinski definition) is 1. The highest BCUT2D eigenvalue weighted by Gasteiger charge is 2.07. The Bertz CT molecular complexity index is 546. The van der Waals surface area contributed by atoms with Gasteiger partial charge in [-0.15, -0.1) is 0 Å². The van der Waals surface area contributed by atoms with Crippen LogP contribution in [0.15, 0.2) is 35.3 Å². The molecule has 0 unspecified atom stereocenters. The van der Waals surface area contributed by atoms with Gasteiger partial charge in [0, 0.05) is 11.8 Å². The lowest BCUT2D eigenvalue weighted by atomic mass is 10.1. The Balaban J connectivity index is 2.34. The molecule has 0 aliphatic carbocycles. The number of nitrogens with zero attached hydrogens (tertiary/aromatic N) is 1. The van der Waals surface area contributed by atoms with E-state index in [0.717, 1.165) is 17.7 Å². The van der Waals surface area contributed by atoms with Gasteiger partial charge in [0.15, 0.2) is 0 Å². The minimum atomic E-state index is 0.0132. The Morgan fingerprint density at radius 3 is 2.47 bits per heavy atom. The van der Waals surface area contributed by atoms with Crippen LogP contribution < -0.4 is 5.56 Å². The number of aryl methyl sites for hydroxylation is 1. The molecule has 0 amide bonds. The molecule has 0 atom stereocenters. The largest absolute Gasteiger partial charge is 0.268 e. The second-order valence-electron chi connectivity index (χ2n) is 4.90. The van der Waals surface area contributed by atoms with Crippen molar-refractivity contribution in [2.75, 3.05) is 0 Å². The molecule has 0 aliphatic rings. The van der Waals surface area contributed by atoms with E-state index in [1.54, 1.807) is 4.68 Å². The summed E-state index contributed by atoms with van der Waals surface area (Å²) in [6.45, 7) is 6.28. The molecule has 90 valence electrons. The lowest BCUT2D eigenvalue weighted by Crippen LogP contribution is -2.09. The van der Waals surface area contributed by atoms with Gasteiger partial charge in [-0.25, -0.2) is 0 Å². The molecule has 3 nitrogen and oxygen atoms in total. The van der Waals surface area contributed by atoms with Gasteiger partial charge < -0.3 is 0 Å². The van der Waals surface area contributed by atoms with Crippen LogP contribution in [0.3, 0.4) is 0 Å². The summed E-state index contributed by atoms with van der Waals surface area (Å²) in [7, 11) is 0. The smallest absolute Gasteiger partial charge is 0.267 e. The summed E-state index contributed by atoms with van der Waals surface area (Å²) in [5, 5.41) is 2.85. The first-order valence-corrected chi connectivity index (χ1v) is 5.94. The van der Waals surface area contributed by atoms with Crippen molar-refractivity contribution in [3.63, 3.8) is 0 Å². The van der Waals surface area contributed by atoms with Crippen molar-refractivity contribution in [1.29, 1.82) is 0 Å². The number of H-pyrrole nitrogens is 1. The van der Waals surface area contributed by atoms with E-state index in [9.17, 15) is 4.79 Å². The molecule has 0 radical (unpaired) electrons. The molecule has 1 N–H and O–H groups in total. The molecular formula is C14H18N2O. The summed E-state index contributed by atoms with van der Waals surface area (Å²) < 4.78 is 1.79. The van der Waals surface area contributed by atoms with Crippen molar-refractivity contribution in [2.45, 2.75) is 27.2 Å². The number of rotatable bonds is 3. The van der Waals surface area contributed by atoms with Crippen LogP contribution in [0.1, 0.15) is 25.0 Å². The Hall–Kier alpha value is -1.77. The average Bonchev–Trinajstić information content (AvgIpc) is 2.60. The van der Waals surface area contributed by atoms with Crippen LogP contribution in [0.25, 0.3) is 5.69 Å². The van der Waals surface area contributed by atoms with Crippen LogP contribution >= 0.6 is 0 Å². The molecule has 2 aromatic rings. The van der Waals surface area contributed by atoms with Crippen LogP contribution in [-0.2, 0) is 6.42 Å². The number of nitrogens with one attached hydrogen (secondary N) is 1. The van der Waals surface area contributed by atoms with Crippen molar-refractivity contribution in [2.24, 2.45) is 5.92 Å². The van der Waals surface area contributed by atoms with E-state index in [1.807, 2.05) is 37.4 Å². The fraction of sp³-hybridized carbons (Fsp3) is 0.357. The van der Waals surface area contributed by atoms with Gasteiger partial charge in [-0.05, 0) is 31.4 Å². The second-order valence-corrected chi connectivity index (χ2v) is 4.90. The molecule has 1 heterocycles. The normalized spacial score (nSPS) is 11.1. The summed E-state index contributed by atoms with van der Waals surface area (Å²) in [6, 6.07) is 8.08. The Morgan fingerprint density at radius 1 is 1.24 bits per heavy atom. The summed E-state index contributed by atoms with van der Waals surface area (Å²) in [4.78, 5) is 11.7. The maximum Gasteiger partial charge on any atom is 0.267 e. The highest BCUT2D eigenvalue weighted by Crippen LogP contribution is 2.09. The van der Waals surface area contributed by atoms with E-state index in [1.165, 1.54) is 5.56 Å². The molecule has 0 aliphatic heterocycles. The lowest BCUT2D eigenvalue weighted by Gasteiger charge is -2.02. The van der Waals surface area contributed by atoms with Gasteiger partial charge in [-0.3, -0.25) is 14.6 Å². The van der Waals surface area contributed by atoms with E-state index in [4.69, 9.17) is 0 Å². The summed E-state index contributed by atoms with van der Waals surface area (Å²) in [6.07, 6.45) is 2.71. The summed E-state index contributed by atoms with van der Waals surface area (Å²) >= 11 is 0. The molecule has 3 heteroatoms. The van der Waals surface area contributed by atoms with E-state index in [-0.39, 0.29) is 5.56 Å². The summed E-state index contributed by atoms with van der Waals surface area (Å²) in [5.41, 5.74) is 3.06. The molecule has 1 aromatic heterocycles. The zero-order valence-electron chi connectivity index (χ0n) is 10.5. The molecular weight excluding hydrogens is 212 g/mol. The molecule has 2 rings (SSSR count). The van der Waals surface area contributed by atoms with Crippen LogP contribution in [0, 0.1) is 12.8 Å². The fourth-order valence-corrected chi connectivity index (χ4v) is 1.86. The average molecular weight is 230 g/mol. The zero-order valence-corrected chi connectivity index (χ0v) is 10.5. The maximum atomic E-state index is 11.7. The van der Waals surface area contributed by atoms with Gasteiger partial charge >= 0.3 is 0 Å². The monoisotopic (exact) mass is 230 g/mol. The van der Waals surface area contributed by atoms with E-state index < -0.39 is 0 Å². The first-order valence-electron chi connectivity index (χ1n) is 5.94. The molecule has 0 bridgehead atoms. The number of benzene rings is 1. The van der Waals surface area contributed by atoms with Crippen molar-refractivity contribution in [3.05, 3.63) is 51.9 Å². The third-order valence-corrected chi connectivity index (χ3v) is 2.74. The highest BCUT2D eigenvalue weighted by atomic mass is 16.1. The number of hydrogen-bond donors (Lipinski definition) is 1. The Morgan fingerprint density at radius 2 is 1.88 bits per heavy atom. The van der Waals surface area contributed by atoms with E-state index in [2.05, 4.69) is 18.9 Å². The Kier molecular flexibility index (Phi) is 3.18. The van der Waals surface area contributed by atoms with Crippen LogP contribution in [-0.4, -0.2) is 9.78 Å². The minimum Gasteiger partial charge on any atom is -0.268 e. The van der Waals surface area contributed by atoms with Gasteiger partial charge in [-0.2, -0.15) is 0 Å². The van der Waals surface area contributed by atoms with Gasteiger partial charge in [0.2, 0.25) is 0 Å². The summed E-state index contributed by atoms with van der Waals surface area (Å²) in [5.74, 6) is 0.491. The van der Waals surface area contributed by atoms with Gasteiger partial charge in [-0.1, -0.05) is 31.5 Å². The first-order chi connectivity index (χ1) is 8.06. The molecule has 0 saturated carbocycles. The second kappa shape index (κ2) is 4.62. The van der Waals surface area contributed by atoms with E-state index in [0.29, 0.717) is 5.92 Å². The maximum absolute atomic E-state index is 11.7. The molecule has 0 spiro atoms. The number of aromatic amines is 1. The Labute approximate surface area is 101 Å². The molecule has 17 heavy (non-hydrogen) atoms. The van der Waals surface area contributed by atoms with Crippen molar-refractivity contribution >= 4 is 0 Å². The quantitative estimate of drug-likeness (QED) is 0.865. The third kappa shape index (κ3) is 2.67. The predicted octanol–water partition coefficient (Wildman–Crippen LogP) is 2.67. The van der Waals surface area contributed by atoms with Crippen molar-refractivity contribution in [3.8, 4) is 5.69 Å². The first kappa shape index (κ1) is 11.7. The SMILES string of the molecule is Cc1ccc(-n2cc(CC(C)C)c(=O)[nH]2)cc1.